The predicted octanol–water partition coefficient (Wildman–Crippen LogP) is 2.60. The highest BCUT2D eigenvalue weighted by molar-refractivity contribution is 7.89. The molecule has 0 spiro atoms. The maximum atomic E-state index is 12.7. The summed E-state index contributed by atoms with van der Waals surface area (Å²) >= 11 is 0. The van der Waals surface area contributed by atoms with Gasteiger partial charge in [-0.3, -0.25) is 4.79 Å². The highest BCUT2D eigenvalue weighted by Crippen LogP contribution is 2.34. The third-order valence-electron chi connectivity index (χ3n) is 4.38. The van der Waals surface area contributed by atoms with Gasteiger partial charge in [-0.2, -0.15) is 4.31 Å². The fourth-order valence-corrected chi connectivity index (χ4v) is 4.13. The standard InChI is InChI=1S/C17H25NO5S/c1-13(2)8-11-23-14-4-6-15(7-5-14)24(21,22)18-10-9-17(3,12-18)16(19)20/h4-7,13H,8-12H2,1-3H3,(H,19,20). The molecule has 1 saturated heterocycles. The molecule has 0 aromatic heterocycles. The molecule has 1 heterocycles. The van der Waals surface area contributed by atoms with Crippen LogP contribution in [0.2, 0.25) is 0 Å². The van der Waals surface area contributed by atoms with E-state index in [1.165, 1.54) is 16.4 Å². The van der Waals surface area contributed by atoms with E-state index in [9.17, 15) is 18.3 Å². The van der Waals surface area contributed by atoms with Gasteiger partial charge in [-0.15, -0.1) is 0 Å². The van der Waals surface area contributed by atoms with Crippen molar-refractivity contribution in [1.82, 2.24) is 4.31 Å². The second-order valence-corrected chi connectivity index (χ2v) is 8.89. The monoisotopic (exact) mass is 355 g/mol. The molecule has 7 heteroatoms. The van der Waals surface area contributed by atoms with E-state index in [0.717, 1.165) is 6.42 Å². The molecule has 1 N–H and O–H groups in total. The van der Waals surface area contributed by atoms with Crippen LogP contribution in [-0.4, -0.2) is 43.5 Å². The molecule has 0 aliphatic carbocycles. The van der Waals surface area contributed by atoms with E-state index in [0.29, 0.717) is 24.7 Å². The van der Waals surface area contributed by atoms with E-state index in [4.69, 9.17) is 4.74 Å². The van der Waals surface area contributed by atoms with Crippen molar-refractivity contribution in [2.24, 2.45) is 11.3 Å². The summed E-state index contributed by atoms with van der Waals surface area (Å²) in [5.74, 6) is 0.212. The molecule has 24 heavy (non-hydrogen) atoms. The third-order valence-corrected chi connectivity index (χ3v) is 6.24. The molecular formula is C17H25NO5S. The number of rotatable bonds is 7. The van der Waals surface area contributed by atoms with Gasteiger partial charge in [0.1, 0.15) is 5.75 Å². The van der Waals surface area contributed by atoms with Crippen LogP contribution in [0, 0.1) is 11.3 Å². The van der Waals surface area contributed by atoms with Crippen LogP contribution < -0.4 is 4.74 Å². The van der Waals surface area contributed by atoms with Crippen LogP contribution in [-0.2, 0) is 14.8 Å². The maximum Gasteiger partial charge on any atom is 0.310 e. The smallest absolute Gasteiger partial charge is 0.310 e. The average molecular weight is 355 g/mol. The zero-order chi connectivity index (χ0) is 18.0. The highest BCUT2D eigenvalue weighted by atomic mass is 32.2. The predicted molar refractivity (Wildman–Crippen MR) is 90.5 cm³/mol. The Kier molecular flexibility index (Phi) is 5.55. The van der Waals surface area contributed by atoms with Gasteiger partial charge in [-0.05, 0) is 49.9 Å². The van der Waals surface area contributed by atoms with Gasteiger partial charge in [0, 0.05) is 13.1 Å². The average Bonchev–Trinajstić information content (AvgIpc) is 2.92. The SMILES string of the molecule is CC(C)CCOc1ccc(S(=O)(=O)N2CCC(C)(C(=O)O)C2)cc1. The van der Waals surface area contributed by atoms with Gasteiger partial charge in [0.25, 0.3) is 0 Å². The van der Waals surface area contributed by atoms with Crippen LogP contribution in [0.4, 0.5) is 0 Å². The summed E-state index contributed by atoms with van der Waals surface area (Å²) in [6, 6.07) is 6.30. The second-order valence-electron chi connectivity index (χ2n) is 6.96. The third kappa shape index (κ3) is 4.08. The minimum absolute atomic E-state index is 0.00267. The number of ether oxygens (including phenoxy) is 1. The lowest BCUT2D eigenvalue weighted by Crippen LogP contribution is -2.34. The number of aliphatic carboxylic acids is 1. The van der Waals surface area contributed by atoms with Crippen LogP contribution in [0.1, 0.15) is 33.6 Å². The number of hydrogen-bond donors (Lipinski definition) is 1. The molecule has 1 atom stereocenters. The van der Waals surface area contributed by atoms with E-state index in [1.54, 1.807) is 19.1 Å². The number of carboxylic acids is 1. The number of sulfonamides is 1. The maximum absolute atomic E-state index is 12.7. The summed E-state index contributed by atoms with van der Waals surface area (Å²) in [6.45, 7) is 6.61. The minimum Gasteiger partial charge on any atom is -0.494 e. The number of carboxylic acid groups (broad SMARTS) is 1. The van der Waals surface area contributed by atoms with Gasteiger partial charge in [0.2, 0.25) is 10.0 Å². The van der Waals surface area contributed by atoms with Crippen molar-refractivity contribution >= 4 is 16.0 Å². The molecule has 1 aliphatic rings. The molecule has 2 rings (SSSR count). The number of nitrogens with zero attached hydrogens (tertiary/aromatic N) is 1. The Balaban J connectivity index is 2.06. The highest BCUT2D eigenvalue weighted by Gasteiger charge is 2.44. The normalized spacial score (nSPS) is 22.0. The zero-order valence-corrected chi connectivity index (χ0v) is 15.2. The first-order valence-electron chi connectivity index (χ1n) is 8.11. The van der Waals surface area contributed by atoms with Gasteiger partial charge >= 0.3 is 5.97 Å². The summed E-state index contributed by atoms with van der Waals surface area (Å²) in [4.78, 5) is 11.4. The van der Waals surface area contributed by atoms with Crippen molar-refractivity contribution in [1.29, 1.82) is 0 Å². The fraction of sp³-hybridized carbons (Fsp3) is 0.588. The summed E-state index contributed by atoms with van der Waals surface area (Å²) in [6.07, 6.45) is 1.25. The number of benzene rings is 1. The topological polar surface area (TPSA) is 83.9 Å². The van der Waals surface area contributed by atoms with Crippen molar-refractivity contribution in [3.8, 4) is 5.75 Å². The summed E-state index contributed by atoms with van der Waals surface area (Å²) in [5, 5.41) is 9.25. The lowest BCUT2D eigenvalue weighted by atomic mass is 9.90. The van der Waals surface area contributed by atoms with E-state index >= 15 is 0 Å². The van der Waals surface area contributed by atoms with Crippen molar-refractivity contribution in [3.05, 3.63) is 24.3 Å². The Hall–Kier alpha value is -1.60. The van der Waals surface area contributed by atoms with Gasteiger partial charge in [0.15, 0.2) is 0 Å². The van der Waals surface area contributed by atoms with Gasteiger partial charge < -0.3 is 9.84 Å². The molecule has 1 unspecified atom stereocenters. The first kappa shape index (κ1) is 18.7. The molecule has 1 aromatic carbocycles. The lowest BCUT2D eigenvalue weighted by Gasteiger charge is -2.20. The molecule has 0 bridgehead atoms. The van der Waals surface area contributed by atoms with E-state index in [1.807, 2.05) is 0 Å². The van der Waals surface area contributed by atoms with E-state index < -0.39 is 21.4 Å². The molecule has 1 aromatic rings. The zero-order valence-electron chi connectivity index (χ0n) is 14.4. The second kappa shape index (κ2) is 7.11. The van der Waals surface area contributed by atoms with Gasteiger partial charge in [0.05, 0.1) is 16.9 Å². The van der Waals surface area contributed by atoms with Crippen LogP contribution >= 0.6 is 0 Å². The van der Waals surface area contributed by atoms with Crippen LogP contribution in [0.15, 0.2) is 29.2 Å². The Morgan fingerprint density at radius 1 is 1.33 bits per heavy atom. The molecular weight excluding hydrogens is 330 g/mol. The van der Waals surface area contributed by atoms with Crippen molar-refractivity contribution < 1.29 is 23.1 Å². The first-order valence-corrected chi connectivity index (χ1v) is 9.55. The number of hydrogen-bond acceptors (Lipinski definition) is 4. The fourth-order valence-electron chi connectivity index (χ4n) is 2.57. The first-order chi connectivity index (χ1) is 11.1. The van der Waals surface area contributed by atoms with Crippen LogP contribution in [0.25, 0.3) is 0 Å². The lowest BCUT2D eigenvalue weighted by molar-refractivity contribution is -0.146. The molecule has 0 radical (unpaired) electrons. The Morgan fingerprint density at radius 3 is 2.46 bits per heavy atom. The summed E-state index contributed by atoms with van der Waals surface area (Å²) in [5.41, 5.74) is -1.02. The quantitative estimate of drug-likeness (QED) is 0.813. The molecule has 1 aliphatic heterocycles. The molecule has 6 nitrogen and oxygen atoms in total. The van der Waals surface area contributed by atoms with Gasteiger partial charge in [-0.1, -0.05) is 13.8 Å². The van der Waals surface area contributed by atoms with Gasteiger partial charge in [-0.25, -0.2) is 8.42 Å². The van der Waals surface area contributed by atoms with Crippen molar-refractivity contribution in [3.63, 3.8) is 0 Å². The van der Waals surface area contributed by atoms with Crippen molar-refractivity contribution in [2.45, 2.75) is 38.5 Å². The number of carbonyl (C=O) groups is 1. The Morgan fingerprint density at radius 2 is 1.96 bits per heavy atom. The molecule has 0 saturated carbocycles. The Labute approximate surface area is 143 Å². The summed E-state index contributed by atoms with van der Waals surface area (Å²) in [7, 11) is -3.68. The van der Waals surface area contributed by atoms with Crippen LogP contribution in [0.3, 0.4) is 0 Å². The van der Waals surface area contributed by atoms with Crippen molar-refractivity contribution in [2.75, 3.05) is 19.7 Å². The largest absolute Gasteiger partial charge is 0.494 e. The van der Waals surface area contributed by atoms with E-state index in [-0.39, 0.29) is 18.0 Å². The molecule has 0 amide bonds. The minimum atomic E-state index is -3.68. The molecule has 134 valence electrons. The molecule has 1 fully saturated rings. The van der Waals surface area contributed by atoms with Crippen LogP contribution in [0.5, 0.6) is 5.75 Å². The summed E-state index contributed by atoms with van der Waals surface area (Å²) < 4.78 is 32.1. The Bertz CT molecular complexity index is 683. The van der Waals surface area contributed by atoms with E-state index in [2.05, 4.69) is 13.8 Å².